The largest absolute Gasteiger partial charge is 0.472 e. The molecule has 3 unspecified atom stereocenters. The van der Waals surface area contributed by atoms with Crippen LogP contribution in [0.2, 0.25) is 0 Å². The maximum absolute atomic E-state index is 13.0. The molecule has 0 bridgehead atoms. The number of hydrogen-bond donors (Lipinski definition) is 3. The van der Waals surface area contributed by atoms with Crippen molar-refractivity contribution in [1.82, 2.24) is 0 Å². The van der Waals surface area contributed by atoms with E-state index in [4.69, 9.17) is 37.0 Å². The van der Waals surface area contributed by atoms with Crippen LogP contribution in [-0.4, -0.2) is 96.7 Å². The fourth-order valence-electron chi connectivity index (χ4n) is 9.93. The van der Waals surface area contributed by atoms with Gasteiger partial charge in [0, 0.05) is 25.7 Å². The SMILES string of the molecule is CCC(C)CCCCCCCCC(=O)O[C@H](COC(=O)CCCCCCCCCCCCCCCC(C)C)COP(=O)(O)OC[C@@H](O)COP(=O)(O)OC[C@@H](COC(=O)CCCCCCCCC(C)C)OC(=O)CCCCCCCCCCC(C)C. The molecule has 0 aliphatic rings. The van der Waals surface area contributed by atoms with Gasteiger partial charge in [-0.3, -0.25) is 37.3 Å². The molecule has 86 heavy (non-hydrogen) atoms. The summed E-state index contributed by atoms with van der Waals surface area (Å²) in [4.78, 5) is 72.3. The Kier molecular flexibility index (Phi) is 55.7. The number of esters is 4. The molecule has 0 spiro atoms. The van der Waals surface area contributed by atoms with Crippen molar-refractivity contribution >= 4 is 39.5 Å². The van der Waals surface area contributed by atoms with Crippen LogP contribution in [0, 0.1) is 23.7 Å². The van der Waals surface area contributed by atoms with E-state index in [2.05, 4.69) is 55.4 Å². The van der Waals surface area contributed by atoms with E-state index in [1.54, 1.807) is 0 Å². The molecule has 19 heteroatoms. The number of ether oxygens (including phenoxy) is 4. The minimum absolute atomic E-state index is 0.102. The van der Waals surface area contributed by atoms with Gasteiger partial charge in [-0.25, -0.2) is 9.13 Å². The molecule has 0 heterocycles. The molecule has 0 saturated carbocycles. The normalized spacial score (nSPS) is 14.7. The highest BCUT2D eigenvalue weighted by atomic mass is 31.2. The Morgan fingerprint density at radius 3 is 0.826 bits per heavy atom. The third-order valence-corrected chi connectivity index (χ3v) is 17.6. The molecule has 17 nitrogen and oxygen atoms in total. The summed E-state index contributed by atoms with van der Waals surface area (Å²) in [6.45, 7) is 14.0. The summed E-state index contributed by atoms with van der Waals surface area (Å²) in [6, 6.07) is 0. The number of carbonyl (C=O) groups excluding carboxylic acids is 4. The molecular weight excluding hydrogens is 1140 g/mol. The van der Waals surface area contributed by atoms with E-state index in [0.717, 1.165) is 114 Å². The Labute approximate surface area is 524 Å². The topological polar surface area (TPSA) is 237 Å². The fraction of sp³-hybridized carbons (Fsp3) is 0.940. The van der Waals surface area contributed by atoms with Gasteiger partial charge in [0.25, 0.3) is 0 Å². The van der Waals surface area contributed by atoms with Crippen LogP contribution in [0.4, 0.5) is 0 Å². The van der Waals surface area contributed by atoms with Gasteiger partial charge in [-0.2, -0.15) is 0 Å². The summed E-state index contributed by atoms with van der Waals surface area (Å²) in [6.07, 6.45) is 37.8. The van der Waals surface area contributed by atoms with E-state index in [-0.39, 0.29) is 25.7 Å². The van der Waals surface area contributed by atoms with Crippen LogP contribution in [-0.2, 0) is 65.4 Å². The predicted octanol–water partition coefficient (Wildman–Crippen LogP) is 18.5. The number of phosphoric ester groups is 2. The molecule has 0 amide bonds. The average molecular weight is 1270 g/mol. The Morgan fingerprint density at radius 2 is 0.558 bits per heavy atom. The van der Waals surface area contributed by atoms with Gasteiger partial charge in [-0.1, -0.05) is 274 Å². The van der Waals surface area contributed by atoms with Crippen molar-refractivity contribution in [3.05, 3.63) is 0 Å². The highest BCUT2D eigenvalue weighted by Crippen LogP contribution is 2.45. The Bertz CT molecular complexity index is 1720. The molecule has 0 aromatic heterocycles. The number of hydrogen-bond acceptors (Lipinski definition) is 15. The Hall–Kier alpha value is -1.94. The van der Waals surface area contributed by atoms with Gasteiger partial charge in [0.2, 0.25) is 0 Å². The molecule has 510 valence electrons. The molecular formula is C67H130O17P2. The van der Waals surface area contributed by atoms with Crippen LogP contribution in [0.15, 0.2) is 0 Å². The number of aliphatic hydroxyl groups is 1. The van der Waals surface area contributed by atoms with Crippen molar-refractivity contribution in [2.45, 2.75) is 343 Å². The zero-order valence-corrected chi connectivity index (χ0v) is 57.7. The van der Waals surface area contributed by atoms with Crippen molar-refractivity contribution in [3.8, 4) is 0 Å². The van der Waals surface area contributed by atoms with E-state index in [9.17, 15) is 43.2 Å². The van der Waals surface area contributed by atoms with Gasteiger partial charge in [0.05, 0.1) is 26.4 Å². The second-order valence-electron chi connectivity index (χ2n) is 25.9. The number of unbranched alkanes of at least 4 members (excludes halogenated alkanes) is 29. The van der Waals surface area contributed by atoms with E-state index >= 15 is 0 Å². The highest BCUT2D eigenvalue weighted by molar-refractivity contribution is 7.47. The Morgan fingerprint density at radius 1 is 0.326 bits per heavy atom. The summed E-state index contributed by atoms with van der Waals surface area (Å²) in [7, 11) is -9.89. The molecule has 0 aromatic rings. The maximum atomic E-state index is 13.0. The summed E-state index contributed by atoms with van der Waals surface area (Å²) < 4.78 is 68.1. The van der Waals surface area contributed by atoms with Crippen molar-refractivity contribution in [2.75, 3.05) is 39.6 Å². The van der Waals surface area contributed by atoms with Crippen molar-refractivity contribution in [3.63, 3.8) is 0 Å². The fourth-order valence-corrected chi connectivity index (χ4v) is 11.5. The van der Waals surface area contributed by atoms with Crippen LogP contribution in [0.5, 0.6) is 0 Å². The van der Waals surface area contributed by atoms with Gasteiger partial charge >= 0.3 is 39.5 Å². The molecule has 0 aromatic carbocycles. The number of aliphatic hydroxyl groups excluding tert-OH is 1. The van der Waals surface area contributed by atoms with E-state index in [1.165, 1.54) is 122 Å². The molecule has 0 rings (SSSR count). The number of carbonyl (C=O) groups is 4. The number of phosphoric acid groups is 2. The molecule has 0 aliphatic carbocycles. The first kappa shape index (κ1) is 84.1. The van der Waals surface area contributed by atoms with Crippen LogP contribution in [0.1, 0.15) is 325 Å². The first-order valence-electron chi connectivity index (χ1n) is 34.7. The van der Waals surface area contributed by atoms with Gasteiger partial charge in [-0.05, 0) is 49.4 Å². The van der Waals surface area contributed by atoms with Crippen LogP contribution < -0.4 is 0 Å². The second-order valence-corrected chi connectivity index (χ2v) is 28.8. The quantitative estimate of drug-likeness (QED) is 0.0222. The van der Waals surface area contributed by atoms with Gasteiger partial charge < -0.3 is 33.8 Å². The molecule has 0 radical (unpaired) electrons. The smallest absolute Gasteiger partial charge is 0.462 e. The third kappa shape index (κ3) is 59.7. The lowest BCUT2D eigenvalue weighted by molar-refractivity contribution is -0.161. The van der Waals surface area contributed by atoms with Crippen molar-refractivity contribution < 1.29 is 80.2 Å². The average Bonchev–Trinajstić information content (AvgIpc) is 3.68. The predicted molar refractivity (Wildman–Crippen MR) is 344 cm³/mol. The van der Waals surface area contributed by atoms with Crippen molar-refractivity contribution in [1.29, 1.82) is 0 Å². The number of rotatable bonds is 64. The highest BCUT2D eigenvalue weighted by Gasteiger charge is 2.30. The first-order valence-corrected chi connectivity index (χ1v) is 37.7. The van der Waals surface area contributed by atoms with Crippen LogP contribution in [0.25, 0.3) is 0 Å². The minimum Gasteiger partial charge on any atom is -0.462 e. The van der Waals surface area contributed by atoms with Gasteiger partial charge in [-0.15, -0.1) is 0 Å². The molecule has 0 aliphatic heterocycles. The lowest BCUT2D eigenvalue weighted by Crippen LogP contribution is -2.30. The zero-order chi connectivity index (χ0) is 63.9. The molecule has 0 fully saturated rings. The van der Waals surface area contributed by atoms with Gasteiger partial charge in [0.1, 0.15) is 19.3 Å². The zero-order valence-electron chi connectivity index (χ0n) is 55.9. The minimum atomic E-state index is -4.95. The van der Waals surface area contributed by atoms with Crippen LogP contribution in [0.3, 0.4) is 0 Å². The lowest BCUT2D eigenvalue weighted by Gasteiger charge is -2.21. The molecule has 6 atom stereocenters. The standard InChI is InChI=1S/C67H130O17P2/c1-9-60(8)46-38-30-24-26-34-42-50-67(72)84-63(53-77-64(69)47-39-31-21-16-14-12-10-11-13-15-19-27-35-43-57(2)3)56-82-86(75,76)80-52-61(68)51-79-85(73,74)81-55-62(54-78-65(70)48-40-32-25-23-29-37-45-59(6)7)83-66(71)49-41-33-22-18-17-20-28-36-44-58(4)5/h57-63,68H,9-56H2,1-8H3,(H,73,74)(H,75,76)/t60?,61-,62+,63+/m0/s1. The Balaban J connectivity index is 5.21. The summed E-state index contributed by atoms with van der Waals surface area (Å²) in [5.74, 6) is 0.770. The summed E-state index contributed by atoms with van der Waals surface area (Å²) >= 11 is 0. The van der Waals surface area contributed by atoms with E-state index < -0.39 is 97.5 Å². The van der Waals surface area contributed by atoms with E-state index in [1.807, 2.05) is 0 Å². The van der Waals surface area contributed by atoms with Crippen molar-refractivity contribution in [2.24, 2.45) is 23.7 Å². The second kappa shape index (κ2) is 57.0. The third-order valence-electron chi connectivity index (χ3n) is 15.7. The summed E-state index contributed by atoms with van der Waals surface area (Å²) in [5.41, 5.74) is 0. The molecule has 3 N–H and O–H groups in total. The van der Waals surface area contributed by atoms with Gasteiger partial charge in [0.15, 0.2) is 12.2 Å². The summed E-state index contributed by atoms with van der Waals surface area (Å²) in [5, 5.41) is 10.6. The van der Waals surface area contributed by atoms with Crippen LogP contribution >= 0.6 is 15.6 Å². The van der Waals surface area contributed by atoms with E-state index in [0.29, 0.717) is 31.6 Å². The monoisotopic (exact) mass is 1270 g/mol. The lowest BCUT2D eigenvalue weighted by atomic mass is 10.00. The molecule has 0 saturated heterocycles. The maximum Gasteiger partial charge on any atom is 0.472 e. The first-order chi connectivity index (χ1) is 41.1.